The van der Waals surface area contributed by atoms with Gasteiger partial charge in [0.2, 0.25) is 0 Å². The number of thiocarbonyl (C=S) groups is 1. The number of hydrogen-bond acceptors (Lipinski definition) is 5. The molecule has 1 atom stereocenters. The van der Waals surface area contributed by atoms with Gasteiger partial charge in [-0.05, 0) is 12.1 Å². The Morgan fingerprint density at radius 3 is 3.06 bits per heavy atom. The zero-order chi connectivity index (χ0) is 11.8. The van der Waals surface area contributed by atoms with Crippen LogP contribution in [0.3, 0.4) is 0 Å². The molecule has 0 aliphatic heterocycles. The summed E-state index contributed by atoms with van der Waals surface area (Å²) < 4.78 is 5.07. The summed E-state index contributed by atoms with van der Waals surface area (Å²) in [5.41, 5.74) is 0. The van der Waals surface area contributed by atoms with Gasteiger partial charge in [-0.3, -0.25) is 4.79 Å². The molecule has 0 saturated heterocycles. The minimum atomic E-state index is -0.450. The van der Waals surface area contributed by atoms with Gasteiger partial charge in [0.25, 0.3) is 0 Å². The summed E-state index contributed by atoms with van der Waals surface area (Å²) in [5, 5.41) is 3.41. The molecule has 0 N–H and O–H groups in total. The summed E-state index contributed by atoms with van der Waals surface area (Å²) in [6.45, 7) is 1.74. The molecule has 5 heteroatoms. The van der Waals surface area contributed by atoms with Gasteiger partial charge in [-0.2, -0.15) is 0 Å². The predicted octanol–water partition coefficient (Wildman–Crippen LogP) is 2.37. The van der Waals surface area contributed by atoms with E-state index in [9.17, 15) is 4.79 Å². The number of carbonyl (C=O) groups is 1. The quantitative estimate of drug-likeness (QED) is 0.443. The van der Waals surface area contributed by atoms with Gasteiger partial charge in [0, 0.05) is 18.4 Å². The number of carbonyl (C=O) groups excluding carboxylic acids is 1. The van der Waals surface area contributed by atoms with Crippen LogP contribution in [0.5, 0.6) is 0 Å². The van der Waals surface area contributed by atoms with E-state index >= 15 is 0 Å². The van der Waals surface area contributed by atoms with E-state index in [1.54, 1.807) is 13.1 Å². The van der Waals surface area contributed by atoms with Crippen LogP contribution in [0.1, 0.15) is 13.3 Å². The first-order valence-corrected chi connectivity index (χ1v) is 6.26. The number of thioether (sulfide) groups is 1. The Morgan fingerprint density at radius 2 is 2.50 bits per heavy atom. The van der Waals surface area contributed by atoms with Crippen molar-refractivity contribution in [1.82, 2.24) is 4.98 Å². The molecule has 85 valence electrons. The zero-order valence-electron chi connectivity index (χ0n) is 8.88. The molecule has 1 aromatic rings. The van der Waals surface area contributed by atoms with E-state index in [-0.39, 0.29) is 5.97 Å². The van der Waals surface area contributed by atoms with Crippen LogP contribution in [-0.2, 0) is 9.53 Å². The highest BCUT2D eigenvalue weighted by atomic mass is 32.2. The lowest BCUT2D eigenvalue weighted by molar-refractivity contribution is -0.144. The molecule has 0 spiro atoms. The van der Waals surface area contributed by atoms with Crippen molar-refractivity contribution in [3.05, 3.63) is 24.4 Å². The van der Waals surface area contributed by atoms with E-state index in [0.29, 0.717) is 12.2 Å². The molecule has 0 amide bonds. The Labute approximate surface area is 105 Å². The van der Waals surface area contributed by atoms with E-state index in [1.807, 2.05) is 18.2 Å². The van der Waals surface area contributed by atoms with Crippen molar-refractivity contribution in [2.45, 2.75) is 24.5 Å². The first-order chi connectivity index (χ1) is 7.76. The van der Waals surface area contributed by atoms with Crippen LogP contribution < -0.4 is 0 Å². The summed E-state index contributed by atoms with van der Waals surface area (Å²) in [7, 11) is 0. The third kappa shape index (κ3) is 4.72. The maximum atomic E-state index is 11.1. The molecule has 0 aliphatic rings. The third-order valence-corrected chi connectivity index (χ3v) is 2.98. The van der Waals surface area contributed by atoms with E-state index < -0.39 is 6.10 Å². The van der Waals surface area contributed by atoms with Gasteiger partial charge in [-0.1, -0.05) is 25.2 Å². The van der Waals surface area contributed by atoms with Crippen LogP contribution >= 0.6 is 24.0 Å². The van der Waals surface area contributed by atoms with E-state index in [0.717, 1.165) is 5.03 Å². The molecule has 3 nitrogen and oxygen atoms in total. The minimum absolute atomic E-state index is 0.260. The van der Waals surface area contributed by atoms with Gasteiger partial charge in [0.05, 0.1) is 10.4 Å². The fourth-order valence-corrected chi connectivity index (χ4v) is 1.95. The molecular weight excluding hydrogens is 242 g/mol. The average molecular weight is 254 g/mol. The highest BCUT2D eigenvalue weighted by Crippen LogP contribution is 2.16. The van der Waals surface area contributed by atoms with E-state index in [2.05, 4.69) is 10.4 Å². The highest BCUT2D eigenvalue weighted by molar-refractivity contribution is 7.99. The van der Waals surface area contributed by atoms with Gasteiger partial charge < -0.3 is 4.74 Å². The van der Waals surface area contributed by atoms with Crippen LogP contribution in [0.15, 0.2) is 29.4 Å². The van der Waals surface area contributed by atoms with Crippen molar-refractivity contribution in [2.24, 2.45) is 0 Å². The van der Waals surface area contributed by atoms with Crippen LogP contribution in [0, 0.1) is 0 Å². The van der Waals surface area contributed by atoms with Crippen molar-refractivity contribution >= 4 is 35.3 Å². The fraction of sp³-hybridized carbons (Fsp3) is 0.364. The van der Waals surface area contributed by atoms with E-state index in [4.69, 9.17) is 17.0 Å². The number of hydrogen-bond donors (Lipinski definition) is 0. The summed E-state index contributed by atoms with van der Waals surface area (Å²) in [6, 6.07) is 5.65. The molecule has 0 saturated carbocycles. The average Bonchev–Trinajstić information content (AvgIpc) is 2.35. The summed E-state index contributed by atoms with van der Waals surface area (Å²) in [5.74, 6) is 0.288. The highest BCUT2D eigenvalue weighted by Gasteiger charge is 2.11. The van der Waals surface area contributed by atoms with Crippen molar-refractivity contribution in [3.8, 4) is 0 Å². The van der Waals surface area contributed by atoms with Crippen LogP contribution in [0.4, 0.5) is 0 Å². The number of rotatable bonds is 6. The molecule has 1 aromatic heterocycles. The predicted molar refractivity (Wildman–Crippen MR) is 67.7 cm³/mol. The SMILES string of the molecule is CCC(=O)OC([C]=S)CSc1ccccn1. The lowest BCUT2D eigenvalue weighted by atomic mass is 10.4. The van der Waals surface area contributed by atoms with Crippen LogP contribution in [0.25, 0.3) is 0 Å². The molecule has 0 bridgehead atoms. The lowest BCUT2D eigenvalue weighted by Gasteiger charge is -2.11. The normalized spacial score (nSPS) is 11.8. The number of aromatic nitrogens is 1. The van der Waals surface area contributed by atoms with Gasteiger partial charge in [0.15, 0.2) is 0 Å². The van der Waals surface area contributed by atoms with Crippen molar-refractivity contribution in [2.75, 3.05) is 5.75 Å². The maximum absolute atomic E-state index is 11.1. The number of nitrogens with zero attached hydrogens (tertiary/aromatic N) is 1. The third-order valence-electron chi connectivity index (χ3n) is 1.71. The topological polar surface area (TPSA) is 39.2 Å². The Kier molecular flexibility index (Phi) is 6.03. The molecule has 1 radical (unpaired) electrons. The Bertz CT molecular complexity index is 343. The molecular formula is C11H12NO2S2. The standard InChI is InChI=1S/C11H12NO2S2/c1-2-11(13)14-9(7-15)8-16-10-5-3-4-6-12-10/h3-6,9H,2,8H2,1H3. The van der Waals surface area contributed by atoms with Crippen LogP contribution in [0.2, 0.25) is 0 Å². The zero-order valence-corrected chi connectivity index (χ0v) is 10.5. The molecule has 1 rings (SSSR count). The largest absolute Gasteiger partial charge is 0.456 e. The minimum Gasteiger partial charge on any atom is -0.456 e. The van der Waals surface area contributed by atoms with Crippen molar-refractivity contribution < 1.29 is 9.53 Å². The van der Waals surface area contributed by atoms with Crippen molar-refractivity contribution in [3.63, 3.8) is 0 Å². The molecule has 16 heavy (non-hydrogen) atoms. The summed E-state index contributed by atoms with van der Waals surface area (Å²) >= 11 is 6.18. The van der Waals surface area contributed by atoms with E-state index in [1.165, 1.54) is 11.8 Å². The molecule has 0 fully saturated rings. The molecule has 0 aromatic carbocycles. The fourth-order valence-electron chi connectivity index (χ4n) is 0.928. The first kappa shape index (κ1) is 13.1. The van der Waals surface area contributed by atoms with Gasteiger partial charge >= 0.3 is 5.97 Å². The van der Waals surface area contributed by atoms with Gasteiger partial charge in [-0.25, -0.2) is 4.98 Å². The number of pyridine rings is 1. The molecule has 0 aliphatic carbocycles. The molecule has 1 heterocycles. The number of ether oxygens (including phenoxy) is 1. The number of esters is 1. The lowest BCUT2D eigenvalue weighted by Crippen LogP contribution is -2.20. The first-order valence-electron chi connectivity index (χ1n) is 4.87. The maximum Gasteiger partial charge on any atom is 0.306 e. The second-order valence-electron chi connectivity index (χ2n) is 2.93. The monoisotopic (exact) mass is 254 g/mol. The van der Waals surface area contributed by atoms with Gasteiger partial charge in [0.1, 0.15) is 6.10 Å². The Balaban J connectivity index is 2.40. The molecule has 1 unspecified atom stereocenters. The second kappa shape index (κ2) is 7.35. The van der Waals surface area contributed by atoms with Crippen LogP contribution in [-0.4, -0.2) is 28.2 Å². The Hall–Kier alpha value is -0.940. The summed E-state index contributed by atoms with van der Waals surface area (Å²) in [6.07, 6.45) is 1.62. The van der Waals surface area contributed by atoms with Crippen molar-refractivity contribution in [1.29, 1.82) is 0 Å². The Morgan fingerprint density at radius 1 is 1.69 bits per heavy atom. The smallest absolute Gasteiger partial charge is 0.306 e. The van der Waals surface area contributed by atoms with Gasteiger partial charge in [-0.15, -0.1) is 11.8 Å². The second-order valence-corrected chi connectivity index (χ2v) is 4.20. The summed E-state index contributed by atoms with van der Waals surface area (Å²) in [4.78, 5) is 15.2.